The summed E-state index contributed by atoms with van der Waals surface area (Å²) in [5.74, 6) is 1.90. The van der Waals surface area contributed by atoms with Gasteiger partial charge in [0, 0.05) is 16.7 Å². The van der Waals surface area contributed by atoms with E-state index in [1.165, 1.54) is 60.5 Å². The van der Waals surface area contributed by atoms with Crippen molar-refractivity contribution in [3.05, 3.63) is 259 Å². The summed E-state index contributed by atoms with van der Waals surface area (Å²) < 4.78 is 0. The molecule has 3 heteroatoms. The van der Waals surface area contributed by atoms with Crippen molar-refractivity contribution in [2.45, 2.75) is 5.41 Å². The highest BCUT2D eigenvalue weighted by Gasteiger charge is 2.47. The highest BCUT2D eigenvalue weighted by Crippen LogP contribution is 2.59. The maximum absolute atomic E-state index is 5.36. The summed E-state index contributed by atoms with van der Waals surface area (Å²) in [5.41, 5.74) is 13.9. The van der Waals surface area contributed by atoms with Gasteiger partial charge in [-0.05, 0) is 95.4 Å². The Balaban J connectivity index is 1.14. The molecule has 0 radical (unpaired) electrons. The van der Waals surface area contributed by atoms with Gasteiger partial charge in [-0.3, -0.25) is 0 Å². The minimum absolute atomic E-state index is 0.624. The minimum Gasteiger partial charge on any atom is -0.208 e. The van der Waals surface area contributed by atoms with Crippen LogP contribution in [0.3, 0.4) is 0 Å². The molecule has 0 amide bonds. The summed E-state index contributed by atoms with van der Waals surface area (Å²) in [6.45, 7) is 0. The molecule has 0 unspecified atom stereocenters. The lowest BCUT2D eigenvalue weighted by atomic mass is 9.67. The van der Waals surface area contributed by atoms with Gasteiger partial charge in [0.25, 0.3) is 0 Å². The lowest BCUT2D eigenvalue weighted by molar-refractivity contribution is 0.769. The van der Waals surface area contributed by atoms with E-state index in [0.717, 1.165) is 33.4 Å². The van der Waals surface area contributed by atoms with Crippen molar-refractivity contribution in [3.8, 4) is 67.5 Å². The number of fused-ring (bicyclic) bond motifs is 6. The molecule has 0 spiro atoms. The van der Waals surface area contributed by atoms with E-state index < -0.39 is 5.41 Å². The van der Waals surface area contributed by atoms with E-state index in [2.05, 4.69) is 200 Å². The first-order chi connectivity index (χ1) is 31.2. The zero-order valence-electron chi connectivity index (χ0n) is 34.4. The summed E-state index contributed by atoms with van der Waals surface area (Å²) in [6.07, 6.45) is 0. The molecule has 1 aromatic heterocycles. The van der Waals surface area contributed by atoms with Gasteiger partial charge >= 0.3 is 0 Å². The smallest absolute Gasteiger partial charge is 0.164 e. The van der Waals surface area contributed by atoms with Crippen molar-refractivity contribution in [1.29, 1.82) is 0 Å². The van der Waals surface area contributed by atoms with Crippen molar-refractivity contribution in [1.82, 2.24) is 15.0 Å². The van der Waals surface area contributed by atoms with Gasteiger partial charge in [-0.1, -0.05) is 218 Å². The monoisotopic (exact) mass is 801 g/mol. The Bertz CT molecular complexity index is 3380. The third-order valence-corrected chi connectivity index (χ3v) is 12.8. The minimum atomic E-state index is -0.624. The molecular formula is C60H39N3. The van der Waals surface area contributed by atoms with Crippen molar-refractivity contribution in [2.24, 2.45) is 0 Å². The summed E-state index contributed by atoms with van der Waals surface area (Å²) in [6, 6.07) is 84.9. The van der Waals surface area contributed by atoms with Crippen molar-refractivity contribution in [3.63, 3.8) is 0 Å². The van der Waals surface area contributed by atoms with Crippen LogP contribution in [0.1, 0.15) is 22.3 Å². The average molecular weight is 802 g/mol. The lowest BCUT2D eigenvalue weighted by Gasteiger charge is -2.34. The van der Waals surface area contributed by atoms with Crippen LogP contribution in [0.4, 0.5) is 0 Å². The number of benzene rings is 10. The first-order valence-electron chi connectivity index (χ1n) is 21.5. The molecule has 0 bridgehead atoms. The molecule has 0 N–H and O–H groups in total. The zero-order chi connectivity index (χ0) is 41.7. The van der Waals surface area contributed by atoms with Crippen LogP contribution in [0.5, 0.6) is 0 Å². The van der Waals surface area contributed by atoms with E-state index in [-0.39, 0.29) is 0 Å². The van der Waals surface area contributed by atoms with E-state index in [1.54, 1.807) is 0 Å². The summed E-state index contributed by atoms with van der Waals surface area (Å²) >= 11 is 0. The fraction of sp³-hybridized carbons (Fsp3) is 0.0167. The number of nitrogens with zero attached hydrogens (tertiary/aromatic N) is 3. The maximum Gasteiger partial charge on any atom is 0.164 e. The van der Waals surface area contributed by atoms with Gasteiger partial charge in [0.1, 0.15) is 0 Å². The topological polar surface area (TPSA) is 38.7 Å². The van der Waals surface area contributed by atoms with E-state index in [9.17, 15) is 0 Å². The Morgan fingerprint density at radius 1 is 0.270 bits per heavy atom. The molecular weight excluding hydrogens is 763 g/mol. The molecule has 1 aliphatic rings. The van der Waals surface area contributed by atoms with E-state index >= 15 is 0 Å². The molecule has 1 heterocycles. The fourth-order valence-electron chi connectivity index (χ4n) is 9.97. The molecule has 63 heavy (non-hydrogen) atoms. The highest BCUT2D eigenvalue weighted by atomic mass is 15.0. The molecule has 12 rings (SSSR count). The van der Waals surface area contributed by atoms with E-state index in [0.29, 0.717) is 17.5 Å². The van der Waals surface area contributed by atoms with Gasteiger partial charge in [0.2, 0.25) is 0 Å². The summed E-state index contributed by atoms with van der Waals surface area (Å²) in [5, 5.41) is 5.01. The molecule has 11 aromatic rings. The van der Waals surface area contributed by atoms with Gasteiger partial charge in [-0.25, -0.2) is 15.0 Å². The number of hydrogen-bond donors (Lipinski definition) is 0. The second-order valence-electron chi connectivity index (χ2n) is 16.3. The molecule has 0 saturated heterocycles. The molecule has 294 valence electrons. The number of aromatic nitrogens is 3. The first-order valence-corrected chi connectivity index (χ1v) is 21.5. The summed E-state index contributed by atoms with van der Waals surface area (Å²) in [7, 11) is 0. The van der Waals surface area contributed by atoms with Gasteiger partial charge in [-0.15, -0.1) is 0 Å². The predicted molar refractivity (Wildman–Crippen MR) is 259 cm³/mol. The summed E-state index contributed by atoms with van der Waals surface area (Å²) in [4.78, 5) is 15.8. The van der Waals surface area contributed by atoms with Crippen LogP contribution >= 0.6 is 0 Å². The van der Waals surface area contributed by atoms with Gasteiger partial charge < -0.3 is 0 Å². The van der Waals surface area contributed by atoms with Crippen LogP contribution in [-0.2, 0) is 5.41 Å². The standard InChI is InChI=1S/C60H39N3/c1-5-19-42(20-6-1)57-61-58(43-21-7-2-8-22-43)63-59(62-57)53-38-45(40-33-35-41(36-34-40)52-37-44-23-13-14-28-48(44)49-29-15-16-30-50(49)52)39-55-56(53)51-31-17-18-32-54(51)60(55,46-24-9-3-10-25-46)47-26-11-4-12-27-47/h1-39H. The SMILES string of the molecule is c1ccc(-c2nc(-c3ccccc3)nc(-c3cc(-c4ccc(-c5cc6ccccc6c6ccccc56)cc4)cc4c3-c3ccccc3C4(c3ccccc3)c3ccccc3)n2)cc1. The van der Waals surface area contributed by atoms with Crippen molar-refractivity contribution >= 4 is 21.5 Å². The third kappa shape index (κ3) is 6.01. The van der Waals surface area contributed by atoms with Crippen LogP contribution in [-0.4, -0.2) is 15.0 Å². The van der Waals surface area contributed by atoms with Crippen molar-refractivity contribution < 1.29 is 0 Å². The molecule has 0 fully saturated rings. The van der Waals surface area contributed by atoms with Crippen LogP contribution < -0.4 is 0 Å². The Morgan fingerprint density at radius 2 is 0.762 bits per heavy atom. The number of hydrogen-bond acceptors (Lipinski definition) is 3. The van der Waals surface area contributed by atoms with Gasteiger partial charge in [0.05, 0.1) is 5.41 Å². The van der Waals surface area contributed by atoms with Gasteiger partial charge in [-0.2, -0.15) is 0 Å². The quantitative estimate of drug-likeness (QED) is 0.151. The molecule has 0 atom stereocenters. The van der Waals surface area contributed by atoms with Crippen LogP contribution in [0.15, 0.2) is 237 Å². The van der Waals surface area contributed by atoms with Crippen LogP contribution in [0, 0.1) is 0 Å². The lowest BCUT2D eigenvalue weighted by Crippen LogP contribution is -2.28. The Hall–Kier alpha value is -8.27. The molecule has 1 aliphatic carbocycles. The van der Waals surface area contributed by atoms with Crippen molar-refractivity contribution in [2.75, 3.05) is 0 Å². The molecule has 3 nitrogen and oxygen atoms in total. The Labute approximate surface area is 366 Å². The highest BCUT2D eigenvalue weighted by molar-refractivity contribution is 6.13. The zero-order valence-corrected chi connectivity index (χ0v) is 34.4. The Morgan fingerprint density at radius 3 is 1.40 bits per heavy atom. The van der Waals surface area contributed by atoms with Crippen LogP contribution in [0.2, 0.25) is 0 Å². The predicted octanol–water partition coefficient (Wildman–Crippen LogP) is 14.9. The molecule has 0 aliphatic heterocycles. The first kappa shape index (κ1) is 36.6. The number of rotatable bonds is 7. The average Bonchev–Trinajstić information content (AvgIpc) is 3.68. The van der Waals surface area contributed by atoms with E-state index in [1.807, 2.05) is 36.4 Å². The van der Waals surface area contributed by atoms with Gasteiger partial charge in [0.15, 0.2) is 17.5 Å². The fourth-order valence-corrected chi connectivity index (χ4v) is 9.97. The second-order valence-corrected chi connectivity index (χ2v) is 16.3. The third-order valence-electron chi connectivity index (χ3n) is 12.8. The molecule has 10 aromatic carbocycles. The molecule has 0 saturated carbocycles. The Kier molecular flexibility index (Phi) is 8.72. The second kappa shape index (κ2) is 15.0. The normalized spacial score (nSPS) is 12.6. The van der Waals surface area contributed by atoms with Crippen LogP contribution in [0.25, 0.3) is 89.1 Å². The maximum atomic E-state index is 5.36. The van der Waals surface area contributed by atoms with E-state index in [4.69, 9.17) is 15.0 Å². The largest absolute Gasteiger partial charge is 0.208 e.